The zero-order valence-corrected chi connectivity index (χ0v) is 20.4. The summed E-state index contributed by atoms with van der Waals surface area (Å²) in [5.74, 6) is -0.818. The minimum absolute atomic E-state index is 0. The number of hydrogen-bond donors (Lipinski definition) is 1. The molecule has 2 aromatic heterocycles. The summed E-state index contributed by atoms with van der Waals surface area (Å²) in [6.45, 7) is 15.8. The van der Waals surface area contributed by atoms with Gasteiger partial charge in [-0.05, 0) is 80.5 Å². The van der Waals surface area contributed by atoms with Gasteiger partial charge in [-0.1, -0.05) is 49.0 Å². The van der Waals surface area contributed by atoms with E-state index in [0.29, 0.717) is 15.7 Å². The molecule has 0 radical (unpaired) electrons. The van der Waals surface area contributed by atoms with Gasteiger partial charge in [0.2, 0.25) is 0 Å². The summed E-state index contributed by atoms with van der Waals surface area (Å²) in [6, 6.07) is 8.11. The fourth-order valence-electron chi connectivity index (χ4n) is 2.83. The Morgan fingerprint density at radius 3 is 1.62 bits per heavy atom. The fraction of sp³-hybridized carbons (Fsp3) is 0.640. The van der Waals surface area contributed by atoms with Crippen LogP contribution in [0.5, 0.6) is 0 Å². The number of carboxylic acids is 1. The molecule has 0 amide bonds. The van der Waals surface area contributed by atoms with E-state index in [9.17, 15) is 4.79 Å². The van der Waals surface area contributed by atoms with Crippen LogP contribution < -0.4 is 0 Å². The van der Waals surface area contributed by atoms with Gasteiger partial charge in [0, 0.05) is 14.6 Å². The lowest BCUT2D eigenvalue weighted by Crippen LogP contribution is -2.04. The lowest BCUT2D eigenvalue weighted by atomic mass is 9.90. The van der Waals surface area contributed by atoms with E-state index in [1.165, 1.54) is 46.8 Å². The average molecular weight is 439 g/mol. The molecule has 0 saturated carbocycles. The van der Waals surface area contributed by atoms with Crippen LogP contribution in [0, 0.1) is 17.8 Å². The maximum Gasteiger partial charge on any atom is 0.345 e. The highest BCUT2D eigenvalue weighted by molar-refractivity contribution is 7.13. The first-order chi connectivity index (χ1) is 12.9. The number of carbonyl (C=O) groups is 1. The first-order valence-electron chi connectivity index (χ1n) is 10.2. The van der Waals surface area contributed by atoms with E-state index in [2.05, 4.69) is 60.6 Å². The van der Waals surface area contributed by atoms with Crippen molar-refractivity contribution in [2.45, 2.75) is 94.4 Å². The van der Waals surface area contributed by atoms with Crippen LogP contribution >= 0.6 is 22.7 Å². The van der Waals surface area contributed by atoms with Gasteiger partial charge in [0.05, 0.1) is 0 Å². The third-order valence-corrected chi connectivity index (χ3v) is 6.56. The van der Waals surface area contributed by atoms with Gasteiger partial charge in [-0.25, -0.2) is 4.79 Å². The molecule has 0 saturated heterocycles. The van der Waals surface area contributed by atoms with Crippen molar-refractivity contribution in [1.82, 2.24) is 0 Å². The monoisotopic (exact) mass is 438 g/mol. The maximum absolute atomic E-state index is 10.7. The van der Waals surface area contributed by atoms with Gasteiger partial charge in [0.15, 0.2) is 0 Å². The second kappa shape index (κ2) is 12.5. The Balaban J connectivity index is 0.000000527. The number of carboxylic acid groups (broad SMARTS) is 1. The van der Waals surface area contributed by atoms with Crippen LogP contribution in [-0.2, 0) is 12.8 Å². The first-order valence-corrected chi connectivity index (χ1v) is 11.9. The molecule has 2 heterocycles. The highest BCUT2D eigenvalue weighted by Crippen LogP contribution is 2.25. The molecule has 0 aliphatic rings. The van der Waals surface area contributed by atoms with Gasteiger partial charge in [-0.15, -0.1) is 22.7 Å². The van der Waals surface area contributed by atoms with Gasteiger partial charge in [-0.3, -0.25) is 0 Å². The molecule has 2 rings (SSSR count). The molecule has 29 heavy (non-hydrogen) atoms. The van der Waals surface area contributed by atoms with Crippen LogP contribution in [0.3, 0.4) is 0 Å². The number of rotatable bonds is 7. The Morgan fingerprint density at radius 1 is 0.828 bits per heavy atom. The van der Waals surface area contributed by atoms with Crippen LogP contribution in [0.1, 0.15) is 99.0 Å². The lowest BCUT2D eigenvalue weighted by molar-refractivity contribution is 0.0702. The third-order valence-electron chi connectivity index (χ3n) is 4.37. The first kappa shape index (κ1) is 27.9. The molecule has 4 heteroatoms. The normalized spacial score (nSPS) is 11.4. The molecule has 0 aliphatic heterocycles. The predicted molar refractivity (Wildman–Crippen MR) is 132 cm³/mol. The Morgan fingerprint density at radius 2 is 1.28 bits per heavy atom. The van der Waals surface area contributed by atoms with Gasteiger partial charge in [0.1, 0.15) is 4.88 Å². The molecule has 166 valence electrons. The summed E-state index contributed by atoms with van der Waals surface area (Å²) in [6.07, 6.45) is 7.20. The molecule has 0 atom stereocenters. The average Bonchev–Trinajstić information content (AvgIpc) is 3.15. The van der Waals surface area contributed by atoms with Gasteiger partial charge >= 0.3 is 5.97 Å². The van der Waals surface area contributed by atoms with Crippen LogP contribution in [-0.4, -0.2) is 11.1 Å². The lowest BCUT2D eigenvalue weighted by Gasteiger charge is -2.17. The number of aromatic carboxylic acids is 1. The van der Waals surface area contributed by atoms with Crippen molar-refractivity contribution in [3.05, 3.63) is 43.8 Å². The summed E-state index contributed by atoms with van der Waals surface area (Å²) in [5.41, 5.74) is 0.860. The number of aryl methyl sites for hydroxylation is 3. The minimum atomic E-state index is -0.818. The topological polar surface area (TPSA) is 37.3 Å². The van der Waals surface area contributed by atoms with Crippen molar-refractivity contribution in [1.29, 1.82) is 0 Å². The van der Waals surface area contributed by atoms with Gasteiger partial charge < -0.3 is 5.11 Å². The quantitative estimate of drug-likeness (QED) is 0.468. The molecule has 0 unspecified atom stereocenters. The molecule has 2 nitrogen and oxygen atoms in total. The van der Waals surface area contributed by atoms with E-state index in [-0.39, 0.29) is 7.43 Å². The Bertz CT molecular complexity index is 712. The Labute approximate surface area is 187 Å². The van der Waals surface area contributed by atoms with E-state index in [0.717, 1.165) is 12.8 Å². The molecule has 0 bridgehead atoms. The number of hydrogen-bond acceptors (Lipinski definition) is 3. The molecule has 0 fully saturated rings. The van der Waals surface area contributed by atoms with Crippen molar-refractivity contribution < 1.29 is 9.90 Å². The van der Waals surface area contributed by atoms with E-state index >= 15 is 0 Å². The van der Waals surface area contributed by atoms with Crippen molar-refractivity contribution >= 4 is 28.6 Å². The molecule has 0 spiro atoms. The molecular weight excluding hydrogens is 396 g/mol. The minimum Gasteiger partial charge on any atom is -0.477 e. The van der Waals surface area contributed by atoms with Crippen molar-refractivity contribution in [2.75, 3.05) is 0 Å². The molecule has 2 aromatic rings. The van der Waals surface area contributed by atoms with Crippen LogP contribution in [0.2, 0.25) is 0 Å². The predicted octanol–water partition coefficient (Wildman–Crippen LogP) is 8.88. The van der Waals surface area contributed by atoms with Gasteiger partial charge in [-0.2, -0.15) is 0 Å². The second-order valence-electron chi connectivity index (χ2n) is 9.91. The maximum atomic E-state index is 10.7. The van der Waals surface area contributed by atoms with Crippen molar-refractivity contribution in [3.63, 3.8) is 0 Å². The summed E-state index contributed by atoms with van der Waals surface area (Å²) in [7, 11) is 0. The summed E-state index contributed by atoms with van der Waals surface area (Å²) < 4.78 is 0. The summed E-state index contributed by atoms with van der Waals surface area (Å²) in [4.78, 5) is 15.3. The van der Waals surface area contributed by atoms with Crippen LogP contribution in [0.25, 0.3) is 0 Å². The summed E-state index contributed by atoms with van der Waals surface area (Å²) in [5, 5.41) is 8.76. The molecule has 1 N–H and O–H groups in total. The van der Waals surface area contributed by atoms with Crippen LogP contribution in [0.15, 0.2) is 24.3 Å². The summed E-state index contributed by atoms with van der Waals surface area (Å²) >= 11 is 3.33. The van der Waals surface area contributed by atoms with Crippen molar-refractivity contribution in [2.24, 2.45) is 10.8 Å². The zero-order chi connectivity index (χ0) is 21.4. The van der Waals surface area contributed by atoms with Gasteiger partial charge in [0.25, 0.3) is 0 Å². The van der Waals surface area contributed by atoms with E-state index in [1.807, 2.05) is 17.4 Å². The molecule has 0 aliphatic carbocycles. The zero-order valence-electron chi connectivity index (χ0n) is 18.7. The second-order valence-corrected chi connectivity index (χ2v) is 12.5. The SMILES string of the molecule is C.CC(C)(C)CCCc1ccc(C(=O)O)s1.Cc1ccc(CCCC(C)(C)C)s1. The highest BCUT2D eigenvalue weighted by atomic mass is 32.1. The largest absolute Gasteiger partial charge is 0.477 e. The number of thiophene rings is 2. The van der Waals surface area contributed by atoms with E-state index in [1.54, 1.807) is 10.9 Å². The molecular formula is C25H42O2S2. The fourth-order valence-corrected chi connectivity index (χ4v) is 4.65. The van der Waals surface area contributed by atoms with E-state index in [4.69, 9.17) is 5.11 Å². The smallest absolute Gasteiger partial charge is 0.345 e. The molecule has 0 aromatic carbocycles. The third kappa shape index (κ3) is 13.7. The van der Waals surface area contributed by atoms with E-state index < -0.39 is 5.97 Å². The highest BCUT2D eigenvalue weighted by Gasteiger charge is 2.11. The van der Waals surface area contributed by atoms with Crippen LogP contribution in [0.4, 0.5) is 0 Å². The van der Waals surface area contributed by atoms with Crippen molar-refractivity contribution in [3.8, 4) is 0 Å². The Kier molecular flexibility index (Phi) is 12.1. The Hall–Kier alpha value is -1.13. The standard InChI is InChI=1S/C12H18O2S.C12H20S.CH4/c1-12(2,3)8-4-5-9-6-7-10(15-9)11(13)14;1-10-7-8-11(13-10)6-5-9-12(2,3)4;/h6-7H,4-5,8H2,1-3H3,(H,13,14);7-8H,5-6,9H2,1-4H3;1H4.